The van der Waals surface area contributed by atoms with Gasteiger partial charge in [-0.25, -0.2) is 0 Å². The van der Waals surface area contributed by atoms with Crippen molar-refractivity contribution in [2.24, 2.45) is 5.73 Å². The van der Waals surface area contributed by atoms with Crippen LogP contribution in [0.4, 0.5) is 5.69 Å². The van der Waals surface area contributed by atoms with Crippen LogP contribution >= 0.6 is 0 Å². The molecule has 0 spiro atoms. The highest BCUT2D eigenvalue weighted by atomic mass is 15.2. The summed E-state index contributed by atoms with van der Waals surface area (Å²) >= 11 is 0. The zero-order valence-corrected chi connectivity index (χ0v) is 11.6. The summed E-state index contributed by atoms with van der Waals surface area (Å²) in [6, 6.07) is 17.9. The Balaban J connectivity index is 1.49. The van der Waals surface area contributed by atoms with E-state index in [0.717, 1.165) is 25.9 Å². The lowest BCUT2D eigenvalue weighted by Crippen LogP contribution is -2.45. The molecular weight excluding hydrogens is 244 g/mol. The average Bonchev–Trinajstić information content (AvgIpc) is 2.80. The molecule has 2 N–H and O–H groups in total. The van der Waals surface area contributed by atoms with Crippen LogP contribution in [0.2, 0.25) is 0 Å². The Kier molecular flexibility index (Phi) is 2.78. The molecule has 1 saturated heterocycles. The summed E-state index contributed by atoms with van der Waals surface area (Å²) < 4.78 is 0. The van der Waals surface area contributed by atoms with Crippen molar-refractivity contribution in [2.45, 2.75) is 24.8 Å². The third-order valence-corrected chi connectivity index (χ3v) is 4.77. The second-order valence-electron chi connectivity index (χ2n) is 6.04. The normalized spacial score (nSPS) is 21.6. The topological polar surface area (TPSA) is 29.3 Å². The van der Waals surface area contributed by atoms with Crippen molar-refractivity contribution < 1.29 is 0 Å². The summed E-state index contributed by atoms with van der Waals surface area (Å²) in [6.07, 6.45) is 2.26. The van der Waals surface area contributed by atoms with Crippen molar-refractivity contribution in [1.29, 1.82) is 0 Å². The number of nitrogens with two attached hydrogens (primary N) is 1. The fourth-order valence-corrected chi connectivity index (χ4v) is 3.46. The minimum atomic E-state index is 0.265. The minimum absolute atomic E-state index is 0.265. The maximum Gasteiger partial charge on any atom is 0.0366 e. The molecule has 1 atom stereocenters. The number of hydrogen-bond donors (Lipinski definition) is 1. The molecule has 0 bridgehead atoms. The van der Waals surface area contributed by atoms with Crippen molar-refractivity contribution in [3.63, 3.8) is 0 Å². The highest BCUT2D eigenvalue weighted by molar-refractivity contribution is 5.51. The molecule has 1 aliphatic heterocycles. The molecule has 2 aromatic rings. The van der Waals surface area contributed by atoms with Crippen molar-refractivity contribution in [3.05, 3.63) is 65.2 Å². The fourth-order valence-electron chi connectivity index (χ4n) is 3.46. The van der Waals surface area contributed by atoms with Gasteiger partial charge in [0.2, 0.25) is 0 Å². The SMILES string of the molecule is NC1CCc2cc(C3CN(c4ccccc4)C3)ccc21. The quantitative estimate of drug-likeness (QED) is 0.902. The predicted octanol–water partition coefficient (Wildman–Crippen LogP) is 3.24. The second-order valence-corrected chi connectivity index (χ2v) is 6.04. The Morgan fingerprint density at radius 3 is 2.60 bits per heavy atom. The van der Waals surface area contributed by atoms with E-state index in [4.69, 9.17) is 5.73 Å². The van der Waals surface area contributed by atoms with Crippen molar-refractivity contribution >= 4 is 5.69 Å². The maximum atomic E-state index is 6.11. The molecule has 1 fully saturated rings. The molecule has 0 amide bonds. The number of benzene rings is 2. The Morgan fingerprint density at radius 2 is 1.80 bits per heavy atom. The van der Waals surface area contributed by atoms with Crippen LogP contribution < -0.4 is 10.6 Å². The van der Waals surface area contributed by atoms with E-state index in [0.29, 0.717) is 5.92 Å². The molecule has 20 heavy (non-hydrogen) atoms. The zero-order valence-electron chi connectivity index (χ0n) is 11.6. The summed E-state index contributed by atoms with van der Waals surface area (Å²) in [6.45, 7) is 2.27. The summed E-state index contributed by atoms with van der Waals surface area (Å²) in [4.78, 5) is 2.45. The Hall–Kier alpha value is -1.80. The van der Waals surface area contributed by atoms with Gasteiger partial charge >= 0.3 is 0 Å². The molecule has 102 valence electrons. The molecule has 1 heterocycles. The third kappa shape index (κ3) is 1.92. The first-order valence-electron chi connectivity index (χ1n) is 7.49. The van der Waals surface area contributed by atoms with Gasteiger partial charge in [-0.1, -0.05) is 36.4 Å². The molecule has 0 saturated carbocycles. The lowest BCUT2D eigenvalue weighted by atomic mass is 9.89. The largest absolute Gasteiger partial charge is 0.370 e. The standard InChI is InChI=1S/C18H20N2/c19-18-9-7-14-10-13(6-8-17(14)18)15-11-20(12-15)16-4-2-1-3-5-16/h1-6,8,10,15,18H,7,9,11-12,19H2. The van der Waals surface area contributed by atoms with Crippen LogP contribution in [0.3, 0.4) is 0 Å². The van der Waals surface area contributed by atoms with Crippen LogP contribution in [0, 0.1) is 0 Å². The van der Waals surface area contributed by atoms with Gasteiger partial charge in [-0.05, 0) is 41.7 Å². The molecule has 1 aliphatic carbocycles. The smallest absolute Gasteiger partial charge is 0.0366 e. The lowest BCUT2D eigenvalue weighted by molar-refractivity contribution is 0.525. The van der Waals surface area contributed by atoms with E-state index < -0.39 is 0 Å². The molecule has 4 rings (SSSR count). The van der Waals surface area contributed by atoms with E-state index in [1.807, 2.05) is 0 Å². The van der Waals surface area contributed by atoms with Gasteiger partial charge in [0.25, 0.3) is 0 Å². The van der Waals surface area contributed by atoms with Crippen LogP contribution in [0.15, 0.2) is 48.5 Å². The Morgan fingerprint density at radius 1 is 1.00 bits per heavy atom. The van der Waals surface area contributed by atoms with Crippen LogP contribution in [-0.4, -0.2) is 13.1 Å². The summed E-state index contributed by atoms with van der Waals surface area (Å²) in [5.41, 5.74) is 11.8. The minimum Gasteiger partial charge on any atom is -0.370 e. The predicted molar refractivity (Wildman–Crippen MR) is 83.1 cm³/mol. The van der Waals surface area contributed by atoms with Gasteiger partial charge < -0.3 is 10.6 Å². The van der Waals surface area contributed by atoms with E-state index in [-0.39, 0.29) is 6.04 Å². The highest BCUT2D eigenvalue weighted by Gasteiger charge is 2.29. The maximum absolute atomic E-state index is 6.11. The highest BCUT2D eigenvalue weighted by Crippen LogP contribution is 2.35. The van der Waals surface area contributed by atoms with Crippen molar-refractivity contribution in [1.82, 2.24) is 0 Å². The van der Waals surface area contributed by atoms with Gasteiger partial charge in [0.05, 0.1) is 0 Å². The van der Waals surface area contributed by atoms with Gasteiger partial charge in [0.1, 0.15) is 0 Å². The number of rotatable bonds is 2. The van der Waals surface area contributed by atoms with E-state index >= 15 is 0 Å². The number of aryl methyl sites for hydroxylation is 1. The summed E-state index contributed by atoms with van der Waals surface area (Å²) in [5, 5.41) is 0. The van der Waals surface area contributed by atoms with E-state index in [9.17, 15) is 0 Å². The second kappa shape index (κ2) is 4.64. The summed E-state index contributed by atoms with van der Waals surface area (Å²) in [7, 11) is 0. The first kappa shape index (κ1) is 12.0. The fraction of sp³-hybridized carbons (Fsp3) is 0.333. The number of nitrogens with zero attached hydrogens (tertiary/aromatic N) is 1. The molecule has 2 aliphatic rings. The van der Waals surface area contributed by atoms with Gasteiger partial charge in [-0.2, -0.15) is 0 Å². The molecule has 1 unspecified atom stereocenters. The average molecular weight is 264 g/mol. The van der Waals surface area contributed by atoms with E-state index in [1.165, 1.54) is 22.4 Å². The summed E-state index contributed by atoms with van der Waals surface area (Å²) in [5.74, 6) is 0.678. The molecule has 0 radical (unpaired) electrons. The molecule has 2 heteroatoms. The Labute approximate surface area is 120 Å². The number of hydrogen-bond acceptors (Lipinski definition) is 2. The number of para-hydroxylation sites is 1. The van der Waals surface area contributed by atoms with Crippen LogP contribution in [0.1, 0.15) is 35.1 Å². The van der Waals surface area contributed by atoms with Crippen LogP contribution in [0.5, 0.6) is 0 Å². The number of anilines is 1. The third-order valence-electron chi connectivity index (χ3n) is 4.77. The Bertz CT molecular complexity index is 615. The van der Waals surface area contributed by atoms with Crippen molar-refractivity contribution in [3.8, 4) is 0 Å². The first-order valence-corrected chi connectivity index (χ1v) is 7.49. The van der Waals surface area contributed by atoms with Crippen molar-refractivity contribution in [2.75, 3.05) is 18.0 Å². The molecular formula is C18H20N2. The van der Waals surface area contributed by atoms with E-state index in [1.54, 1.807) is 0 Å². The molecule has 2 aromatic carbocycles. The van der Waals surface area contributed by atoms with Crippen LogP contribution in [-0.2, 0) is 6.42 Å². The van der Waals surface area contributed by atoms with Gasteiger partial charge in [0.15, 0.2) is 0 Å². The van der Waals surface area contributed by atoms with Gasteiger partial charge in [-0.15, -0.1) is 0 Å². The van der Waals surface area contributed by atoms with Crippen LogP contribution in [0.25, 0.3) is 0 Å². The molecule has 0 aromatic heterocycles. The monoisotopic (exact) mass is 264 g/mol. The number of fused-ring (bicyclic) bond motifs is 1. The first-order chi connectivity index (χ1) is 9.81. The van der Waals surface area contributed by atoms with Gasteiger partial charge in [0, 0.05) is 30.7 Å². The van der Waals surface area contributed by atoms with Gasteiger partial charge in [-0.3, -0.25) is 0 Å². The lowest BCUT2D eigenvalue weighted by Gasteiger charge is -2.41. The van der Waals surface area contributed by atoms with E-state index in [2.05, 4.69) is 53.4 Å². The zero-order chi connectivity index (χ0) is 13.5. The molecule has 2 nitrogen and oxygen atoms in total.